The summed E-state index contributed by atoms with van der Waals surface area (Å²) in [5, 5.41) is 2.91. The number of oxazole rings is 1. The minimum absolute atomic E-state index is 0.155. The van der Waals surface area contributed by atoms with Crippen molar-refractivity contribution in [3.8, 4) is 0 Å². The molecule has 0 aliphatic heterocycles. The zero-order valence-corrected chi connectivity index (χ0v) is 11.7. The fourth-order valence-corrected chi connectivity index (χ4v) is 2.38. The molecule has 0 aromatic carbocycles. The summed E-state index contributed by atoms with van der Waals surface area (Å²) in [7, 11) is 0. The van der Waals surface area contributed by atoms with E-state index in [9.17, 15) is 4.79 Å². The molecule has 0 fully saturated rings. The number of nitrogens with one attached hydrogen (secondary N) is 1. The second kappa shape index (κ2) is 6.55. The van der Waals surface area contributed by atoms with Crippen molar-refractivity contribution in [1.29, 1.82) is 0 Å². The zero-order chi connectivity index (χ0) is 13.7. The molecule has 0 radical (unpaired) electrons. The maximum atomic E-state index is 12.0. The normalized spacial score (nSPS) is 15.4. The summed E-state index contributed by atoms with van der Waals surface area (Å²) in [4.78, 5) is 16.1. The average molecular weight is 262 g/mol. The van der Waals surface area contributed by atoms with E-state index in [2.05, 4.69) is 16.4 Å². The van der Waals surface area contributed by atoms with Crippen LogP contribution in [-0.4, -0.2) is 17.4 Å². The fourth-order valence-electron chi connectivity index (χ4n) is 2.38. The van der Waals surface area contributed by atoms with Crippen LogP contribution in [-0.2, 0) is 0 Å². The molecule has 104 valence electrons. The van der Waals surface area contributed by atoms with Gasteiger partial charge >= 0.3 is 0 Å². The van der Waals surface area contributed by atoms with Crippen molar-refractivity contribution in [2.45, 2.75) is 51.9 Å². The molecule has 1 N–H and O–H groups in total. The zero-order valence-electron chi connectivity index (χ0n) is 11.7. The molecule has 1 aromatic heterocycles. The number of hydrogen-bond donors (Lipinski definition) is 1. The third-order valence-corrected chi connectivity index (χ3v) is 3.46. The summed E-state index contributed by atoms with van der Waals surface area (Å²) >= 11 is 0. The molecular weight excluding hydrogens is 240 g/mol. The number of aromatic nitrogens is 1. The minimum Gasteiger partial charge on any atom is -0.438 e. The highest BCUT2D eigenvalue weighted by atomic mass is 16.3. The Labute approximate surface area is 114 Å². The maximum absolute atomic E-state index is 12.0. The molecule has 1 amide bonds. The largest absolute Gasteiger partial charge is 0.438 e. The van der Waals surface area contributed by atoms with Crippen LogP contribution >= 0.6 is 0 Å². The van der Waals surface area contributed by atoms with E-state index >= 15 is 0 Å². The lowest BCUT2D eigenvalue weighted by molar-refractivity contribution is 0.0924. The molecule has 0 bridgehead atoms. The summed E-state index contributed by atoms with van der Waals surface area (Å²) < 4.78 is 5.19. The van der Waals surface area contributed by atoms with E-state index in [1.54, 1.807) is 0 Å². The summed E-state index contributed by atoms with van der Waals surface area (Å²) in [6.45, 7) is 4.67. The van der Waals surface area contributed by atoms with Crippen molar-refractivity contribution in [3.63, 3.8) is 0 Å². The van der Waals surface area contributed by atoms with Crippen LogP contribution in [0.4, 0.5) is 0 Å². The van der Waals surface area contributed by atoms with Gasteiger partial charge in [0.25, 0.3) is 5.91 Å². The van der Waals surface area contributed by atoms with Crippen molar-refractivity contribution < 1.29 is 9.21 Å². The molecule has 19 heavy (non-hydrogen) atoms. The topological polar surface area (TPSA) is 55.1 Å². The van der Waals surface area contributed by atoms with Crippen LogP contribution in [0.5, 0.6) is 0 Å². The van der Waals surface area contributed by atoms with Crippen molar-refractivity contribution in [1.82, 2.24) is 10.3 Å². The number of hydrogen-bond acceptors (Lipinski definition) is 3. The molecule has 1 heterocycles. The highest BCUT2D eigenvalue weighted by Crippen LogP contribution is 2.20. The van der Waals surface area contributed by atoms with Crippen molar-refractivity contribution in [3.05, 3.63) is 29.5 Å². The summed E-state index contributed by atoms with van der Waals surface area (Å²) in [6, 6.07) is 0. The van der Waals surface area contributed by atoms with Gasteiger partial charge in [0.2, 0.25) is 5.76 Å². The summed E-state index contributed by atoms with van der Waals surface area (Å²) in [5.74, 6) is 0.394. The maximum Gasteiger partial charge on any atom is 0.289 e. The Morgan fingerprint density at radius 1 is 1.47 bits per heavy atom. The molecule has 0 spiro atoms. The number of nitrogens with zero attached hydrogens (tertiary/aromatic N) is 1. The van der Waals surface area contributed by atoms with Crippen molar-refractivity contribution >= 4 is 5.91 Å². The molecule has 1 aromatic rings. The first kappa shape index (κ1) is 13.8. The molecule has 0 unspecified atom stereocenters. The SMILES string of the molecule is CC(C)c1ncoc1C(=O)NCCC1=CCCCC1. The van der Waals surface area contributed by atoms with E-state index < -0.39 is 0 Å². The van der Waals surface area contributed by atoms with Crippen LogP contribution in [0.2, 0.25) is 0 Å². The molecule has 0 atom stereocenters. The second-order valence-corrected chi connectivity index (χ2v) is 5.34. The van der Waals surface area contributed by atoms with E-state index in [1.165, 1.54) is 37.7 Å². The molecule has 0 saturated heterocycles. The van der Waals surface area contributed by atoms with Crippen LogP contribution in [0.15, 0.2) is 22.5 Å². The first-order valence-corrected chi connectivity index (χ1v) is 7.08. The van der Waals surface area contributed by atoms with Gasteiger partial charge in [-0.3, -0.25) is 4.79 Å². The van der Waals surface area contributed by atoms with Crippen LogP contribution in [0, 0.1) is 0 Å². The van der Waals surface area contributed by atoms with E-state index in [-0.39, 0.29) is 11.8 Å². The van der Waals surface area contributed by atoms with Gasteiger partial charge in [0, 0.05) is 6.54 Å². The second-order valence-electron chi connectivity index (χ2n) is 5.34. The van der Waals surface area contributed by atoms with Crippen molar-refractivity contribution in [2.24, 2.45) is 0 Å². The summed E-state index contributed by atoms with van der Waals surface area (Å²) in [5.41, 5.74) is 2.20. The predicted octanol–water partition coefficient (Wildman–Crippen LogP) is 3.42. The van der Waals surface area contributed by atoms with Gasteiger partial charge in [-0.05, 0) is 38.0 Å². The Morgan fingerprint density at radius 3 is 3.00 bits per heavy atom. The van der Waals surface area contributed by atoms with Gasteiger partial charge in [-0.2, -0.15) is 0 Å². The number of allylic oxidation sites excluding steroid dienone is 1. The van der Waals surface area contributed by atoms with Gasteiger partial charge in [-0.15, -0.1) is 0 Å². The smallest absolute Gasteiger partial charge is 0.289 e. The minimum atomic E-state index is -0.155. The highest BCUT2D eigenvalue weighted by molar-refractivity contribution is 5.92. The third kappa shape index (κ3) is 3.69. The number of carbonyl (C=O) groups is 1. The van der Waals surface area contributed by atoms with E-state index in [1.807, 2.05) is 13.8 Å². The number of amides is 1. The molecular formula is C15H22N2O2. The molecule has 4 nitrogen and oxygen atoms in total. The van der Waals surface area contributed by atoms with E-state index in [0.29, 0.717) is 12.3 Å². The molecule has 1 aliphatic rings. The Bertz CT molecular complexity index is 460. The van der Waals surface area contributed by atoms with Crippen molar-refractivity contribution in [2.75, 3.05) is 6.54 Å². The Morgan fingerprint density at radius 2 is 2.32 bits per heavy atom. The van der Waals surface area contributed by atoms with Gasteiger partial charge in [0.05, 0.1) is 5.69 Å². The summed E-state index contributed by atoms with van der Waals surface area (Å²) in [6.07, 6.45) is 9.53. The molecule has 1 aliphatic carbocycles. The third-order valence-electron chi connectivity index (χ3n) is 3.46. The first-order valence-electron chi connectivity index (χ1n) is 7.08. The molecule has 2 rings (SSSR count). The van der Waals surface area contributed by atoms with E-state index in [4.69, 9.17) is 4.42 Å². The van der Waals surface area contributed by atoms with E-state index in [0.717, 1.165) is 12.1 Å². The van der Waals surface area contributed by atoms with Gasteiger partial charge in [-0.1, -0.05) is 25.5 Å². The first-order chi connectivity index (χ1) is 9.18. The number of carbonyl (C=O) groups excluding carboxylic acids is 1. The monoisotopic (exact) mass is 262 g/mol. The fraction of sp³-hybridized carbons (Fsp3) is 0.600. The number of rotatable bonds is 5. The Kier molecular flexibility index (Phi) is 4.77. The predicted molar refractivity (Wildman–Crippen MR) is 74.1 cm³/mol. The average Bonchev–Trinajstić information content (AvgIpc) is 2.89. The lowest BCUT2D eigenvalue weighted by Gasteiger charge is -2.12. The van der Waals surface area contributed by atoms with Crippen LogP contribution in [0.25, 0.3) is 0 Å². The van der Waals surface area contributed by atoms with Gasteiger partial charge in [0.1, 0.15) is 0 Å². The molecule has 4 heteroatoms. The Hall–Kier alpha value is -1.58. The van der Waals surface area contributed by atoms with Gasteiger partial charge in [0.15, 0.2) is 6.39 Å². The van der Waals surface area contributed by atoms with Crippen LogP contribution in [0.1, 0.15) is 68.1 Å². The van der Waals surface area contributed by atoms with Crippen LogP contribution < -0.4 is 5.32 Å². The lowest BCUT2D eigenvalue weighted by Crippen LogP contribution is -2.25. The van der Waals surface area contributed by atoms with Gasteiger partial charge < -0.3 is 9.73 Å². The van der Waals surface area contributed by atoms with Crippen LogP contribution in [0.3, 0.4) is 0 Å². The molecule has 0 saturated carbocycles. The quantitative estimate of drug-likeness (QED) is 0.827. The van der Waals surface area contributed by atoms with Gasteiger partial charge in [-0.25, -0.2) is 4.98 Å². The standard InChI is InChI=1S/C15H22N2O2/c1-11(2)13-14(19-10-17-13)15(18)16-9-8-12-6-4-3-5-7-12/h6,10-11H,3-5,7-9H2,1-2H3,(H,16,18). The Balaban J connectivity index is 1.84. The highest BCUT2D eigenvalue weighted by Gasteiger charge is 2.18. The lowest BCUT2D eigenvalue weighted by atomic mass is 9.97.